The Kier molecular flexibility index (Phi) is 5.37. The third-order valence-corrected chi connectivity index (χ3v) is 5.31. The first kappa shape index (κ1) is 16.8. The van der Waals surface area contributed by atoms with Gasteiger partial charge >= 0.3 is 0 Å². The molecule has 0 fully saturated rings. The van der Waals surface area contributed by atoms with Crippen molar-refractivity contribution in [3.05, 3.63) is 58.8 Å². The summed E-state index contributed by atoms with van der Waals surface area (Å²) in [5.41, 5.74) is 4.06. The van der Waals surface area contributed by atoms with Crippen molar-refractivity contribution in [2.24, 2.45) is 0 Å². The second kappa shape index (κ2) is 7.68. The van der Waals surface area contributed by atoms with Gasteiger partial charge in [-0.2, -0.15) is 0 Å². The van der Waals surface area contributed by atoms with Gasteiger partial charge in [0.25, 0.3) is 0 Å². The molecule has 0 atom stereocenters. The van der Waals surface area contributed by atoms with Crippen LogP contribution in [0.15, 0.2) is 46.4 Å². The van der Waals surface area contributed by atoms with Gasteiger partial charge in [0.15, 0.2) is 10.8 Å². The lowest BCUT2D eigenvalue weighted by Gasteiger charge is -2.09. The second-order valence-corrected chi connectivity index (χ2v) is 7.32. The van der Waals surface area contributed by atoms with Crippen LogP contribution in [0.4, 0.5) is 5.69 Å². The maximum Gasteiger partial charge on any atom is 0.234 e. The number of anilines is 1. The SMILES string of the molecule is Cc1ccc(C)c(NC(=O)CSCc2csc(-c3ccco3)n2)c1. The number of thiazole rings is 1. The van der Waals surface area contributed by atoms with Gasteiger partial charge in [-0.1, -0.05) is 12.1 Å². The van der Waals surface area contributed by atoms with Crippen LogP contribution < -0.4 is 5.32 Å². The molecule has 1 N–H and O–H groups in total. The minimum atomic E-state index is 0.00943. The molecule has 3 aromatic rings. The Morgan fingerprint density at radius 2 is 2.21 bits per heavy atom. The van der Waals surface area contributed by atoms with Crippen LogP contribution in [0, 0.1) is 13.8 Å². The predicted molar refractivity (Wildman–Crippen MR) is 101 cm³/mol. The van der Waals surface area contributed by atoms with Crippen molar-refractivity contribution in [1.29, 1.82) is 0 Å². The van der Waals surface area contributed by atoms with Gasteiger partial charge in [0, 0.05) is 16.8 Å². The van der Waals surface area contributed by atoms with Crippen LogP contribution in [0.1, 0.15) is 16.8 Å². The molecule has 0 aliphatic heterocycles. The lowest BCUT2D eigenvalue weighted by Crippen LogP contribution is -2.15. The van der Waals surface area contributed by atoms with E-state index in [1.54, 1.807) is 29.4 Å². The highest BCUT2D eigenvalue weighted by Crippen LogP contribution is 2.25. The van der Waals surface area contributed by atoms with E-state index in [1.807, 2.05) is 49.6 Å². The average Bonchev–Trinajstić information content (AvgIpc) is 3.22. The number of furan rings is 1. The zero-order valence-corrected chi connectivity index (χ0v) is 15.2. The number of hydrogen-bond acceptors (Lipinski definition) is 5. The highest BCUT2D eigenvalue weighted by Gasteiger charge is 2.09. The molecule has 124 valence electrons. The fourth-order valence-corrected chi connectivity index (χ4v) is 3.80. The van der Waals surface area contributed by atoms with E-state index >= 15 is 0 Å². The van der Waals surface area contributed by atoms with Gasteiger partial charge in [-0.3, -0.25) is 4.79 Å². The molecule has 1 aromatic carbocycles. The van der Waals surface area contributed by atoms with Gasteiger partial charge in [0.05, 0.1) is 17.7 Å². The van der Waals surface area contributed by atoms with E-state index < -0.39 is 0 Å². The first-order valence-electron chi connectivity index (χ1n) is 7.55. The molecule has 0 aliphatic carbocycles. The molecule has 2 heterocycles. The number of carbonyl (C=O) groups excluding carboxylic acids is 1. The third kappa shape index (κ3) is 4.27. The molecule has 0 radical (unpaired) electrons. The smallest absolute Gasteiger partial charge is 0.234 e. The first-order chi connectivity index (χ1) is 11.6. The molecule has 24 heavy (non-hydrogen) atoms. The van der Waals surface area contributed by atoms with Crippen molar-refractivity contribution >= 4 is 34.7 Å². The van der Waals surface area contributed by atoms with E-state index in [-0.39, 0.29) is 5.91 Å². The van der Waals surface area contributed by atoms with Crippen LogP contribution in [-0.2, 0) is 10.5 Å². The predicted octanol–water partition coefficient (Wildman–Crippen LogP) is 4.89. The van der Waals surface area contributed by atoms with Crippen molar-refractivity contribution in [3.63, 3.8) is 0 Å². The second-order valence-electron chi connectivity index (χ2n) is 5.48. The molecule has 2 aromatic heterocycles. The summed E-state index contributed by atoms with van der Waals surface area (Å²) in [6.45, 7) is 4.01. The number of thioether (sulfide) groups is 1. The largest absolute Gasteiger partial charge is 0.462 e. The summed E-state index contributed by atoms with van der Waals surface area (Å²) >= 11 is 3.11. The lowest BCUT2D eigenvalue weighted by atomic mass is 10.1. The third-order valence-electron chi connectivity index (χ3n) is 3.43. The molecule has 0 unspecified atom stereocenters. The van der Waals surface area contributed by atoms with Crippen molar-refractivity contribution < 1.29 is 9.21 Å². The molecule has 0 saturated carbocycles. The van der Waals surface area contributed by atoms with Gasteiger partial charge in [0.1, 0.15) is 0 Å². The van der Waals surface area contributed by atoms with E-state index in [9.17, 15) is 4.79 Å². The number of rotatable bonds is 6. The van der Waals surface area contributed by atoms with E-state index in [0.29, 0.717) is 11.5 Å². The number of nitrogens with zero attached hydrogens (tertiary/aromatic N) is 1. The number of aryl methyl sites for hydroxylation is 2. The molecule has 1 amide bonds. The van der Waals surface area contributed by atoms with Crippen LogP contribution in [0.2, 0.25) is 0 Å². The number of nitrogens with one attached hydrogen (secondary N) is 1. The van der Waals surface area contributed by atoms with Crippen LogP contribution in [-0.4, -0.2) is 16.6 Å². The fourth-order valence-electron chi connectivity index (χ4n) is 2.19. The molecule has 0 bridgehead atoms. The van der Waals surface area contributed by atoms with E-state index in [1.165, 1.54) is 0 Å². The number of amides is 1. The summed E-state index contributed by atoms with van der Waals surface area (Å²) in [6.07, 6.45) is 1.64. The molecule has 4 nitrogen and oxygen atoms in total. The average molecular weight is 358 g/mol. The Morgan fingerprint density at radius 1 is 1.33 bits per heavy atom. The molecule has 6 heteroatoms. The zero-order valence-electron chi connectivity index (χ0n) is 13.5. The monoisotopic (exact) mass is 358 g/mol. The first-order valence-corrected chi connectivity index (χ1v) is 9.58. The summed E-state index contributed by atoms with van der Waals surface area (Å²) in [5, 5.41) is 5.85. The highest BCUT2D eigenvalue weighted by molar-refractivity contribution is 7.99. The Morgan fingerprint density at radius 3 is 3.00 bits per heavy atom. The van der Waals surface area contributed by atoms with Gasteiger partial charge in [-0.15, -0.1) is 23.1 Å². The summed E-state index contributed by atoms with van der Waals surface area (Å²) in [6, 6.07) is 9.80. The molecule has 0 saturated heterocycles. The van der Waals surface area contributed by atoms with Crippen LogP contribution >= 0.6 is 23.1 Å². The molecular formula is C18H18N2O2S2. The Balaban J connectivity index is 1.49. The number of carbonyl (C=O) groups is 1. The lowest BCUT2D eigenvalue weighted by molar-refractivity contribution is -0.113. The molecule has 0 aliphatic rings. The quantitative estimate of drug-likeness (QED) is 0.681. The number of aromatic nitrogens is 1. The standard InChI is InChI=1S/C18H18N2O2S2/c1-12-5-6-13(2)15(8-12)20-17(21)11-23-9-14-10-24-18(19-14)16-4-3-7-22-16/h3-8,10H,9,11H2,1-2H3,(H,20,21). The number of benzene rings is 1. The minimum Gasteiger partial charge on any atom is -0.462 e. The summed E-state index contributed by atoms with van der Waals surface area (Å²) in [4.78, 5) is 16.6. The fraction of sp³-hybridized carbons (Fsp3) is 0.222. The van der Waals surface area contributed by atoms with Crippen LogP contribution in [0.5, 0.6) is 0 Å². The van der Waals surface area contributed by atoms with Gasteiger partial charge in [-0.05, 0) is 43.2 Å². The molecule has 0 spiro atoms. The van der Waals surface area contributed by atoms with Crippen molar-refractivity contribution in [2.75, 3.05) is 11.1 Å². The zero-order chi connectivity index (χ0) is 16.9. The summed E-state index contributed by atoms with van der Waals surface area (Å²) in [5.74, 6) is 1.90. The Hall–Kier alpha value is -2.05. The maximum absolute atomic E-state index is 12.1. The van der Waals surface area contributed by atoms with Crippen molar-refractivity contribution in [3.8, 4) is 10.8 Å². The highest BCUT2D eigenvalue weighted by atomic mass is 32.2. The summed E-state index contributed by atoms with van der Waals surface area (Å²) < 4.78 is 5.34. The topological polar surface area (TPSA) is 55.1 Å². The van der Waals surface area contributed by atoms with E-state index in [0.717, 1.165) is 33.3 Å². The van der Waals surface area contributed by atoms with Gasteiger partial charge in [-0.25, -0.2) is 4.98 Å². The van der Waals surface area contributed by atoms with Gasteiger partial charge in [0.2, 0.25) is 5.91 Å². The normalized spacial score (nSPS) is 10.8. The van der Waals surface area contributed by atoms with Crippen LogP contribution in [0.25, 0.3) is 10.8 Å². The van der Waals surface area contributed by atoms with E-state index in [2.05, 4.69) is 10.3 Å². The Labute approximate surface area is 149 Å². The van der Waals surface area contributed by atoms with Crippen molar-refractivity contribution in [2.45, 2.75) is 19.6 Å². The summed E-state index contributed by atoms with van der Waals surface area (Å²) in [7, 11) is 0. The molecular weight excluding hydrogens is 340 g/mol. The van der Waals surface area contributed by atoms with Crippen molar-refractivity contribution in [1.82, 2.24) is 4.98 Å². The Bertz CT molecular complexity index is 825. The number of hydrogen-bond donors (Lipinski definition) is 1. The van der Waals surface area contributed by atoms with Crippen LogP contribution in [0.3, 0.4) is 0 Å². The minimum absolute atomic E-state index is 0.00943. The molecule has 3 rings (SSSR count). The van der Waals surface area contributed by atoms with Gasteiger partial charge < -0.3 is 9.73 Å². The maximum atomic E-state index is 12.1. The van der Waals surface area contributed by atoms with E-state index in [4.69, 9.17) is 4.42 Å².